The Morgan fingerprint density at radius 1 is 1.00 bits per heavy atom. The maximum Gasteiger partial charge on any atom is 0.313 e. The highest BCUT2D eigenvalue weighted by Crippen LogP contribution is 2.56. The van der Waals surface area contributed by atoms with E-state index in [0.717, 1.165) is 32.1 Å². The first kappa shape index (κ1) is 28.6. The maximum atomic E-state index is 14.5. The zero-order valence-electron chi connectivity index (χ0n) is 23.7. The van der Waals surface area contributed by atoms with Crippen LogP contribution >= 0.6 is 0 Å². The molecular weight excluding hydrogens is 538 g/mol. The number of likely N-dealkylation sites (tertiary alicyclic amines) is 1. The Morgan fingerprint density at radius 3 is 2.55 bits per heavy atom. The van der Waals surface area contributed by atoms with E-state index in [1.165, 1.54) is 4.90 Å². The monoisotopic (exact) mass is 577 g/mol. The number of hydrogen-bond acceptors (Lipinski definition) is 7. The smallest absolute Gasteiger partial charge is 0.313 e. The molecule has 5 aliphatic rings. The van der Waals surface area contributed by atoms with Crippen LogP contribution in [0.2, 0.25) is 0 Å². The molecule has 0 unspecified atom stereocenters. The third-order valence-corrected chi connectivity index (χ3v) is 9.44. The predicted octanol–water partition coefficient (Wildman–Crippen LogP) is 2.04. The minimum absolute atomic E-state index is 0.0118. The molecular formula is C32H39N3O7. The highest BCUT2D eigenvalue weighted by Gasteiger charge is 2.73. The van der Waals surface area contributed by atoms with Crippen molar-refractivity contribution in [1.29, 1.82) is 0 Å². The first-order valence-electron chi connectivity index (χ1n) is 15.2. The number of rotatable bonds is 4. The van der Waals surface area contributed by atoms with Crippen LogP contribution in [-0.2, 0) is 28.7 Å². The number of carbonyl (C=O) groups excluding carboxylic acids is 4. The third kappa shape index (κ3) is 5.04. The van der Waals surface area contributed by atoms with Crippen LogP contribution in [-0.4, -0.2) is 88.6 Å². The fourth-order valence-corrected chi connectivity index (χ4v) is 7.46. The number of aliphatic hydroxyl groups is 1. The third-order valence-electron chi connectivity index (χ3n) is 9.44. The van der Waals surface area contributed by atoms with Gasteiger partial charge in [0.15, 0.2) is 0 Å². The zero-order valence-corrected chi connectivity index (χ0v) is 23.7. The molecule has 2 N–H and O–H groups in total. The molecule has 3 fully saturated rings. The highest BCUT2D eigenvalue weighted by atomic mass is 16.6. The second-order valence-corrected chi connectivity index (χ2v) is 11.9. The lowest BCUT2D eigenvalue weighted by atomic mass is 9.74. The van der Waals surface area contributed by atoms with E-state index in [2.05, 4.69) is 5.32 Å². The van der Waals surface area contributed by atoms with Crippen molar-refractivity contribution < 1.29 is 33.8 Å². The first-order valence-corrected chi connectivity index (χ1v) is 15.2. The summed E-state index contributed by atoms with van der Waals surface area (Å²) in [6.07, 6.45) is 11.5. The highest BCUT2D eigenvalue weighted by molar-refractivity contribution is 5.99. The number of carbonyl (C=O) groups is 4. The molecule has 1 aromatic carbocycles. The quantitative estimate of drug-likeness (QED) is 0.415. The number of hydrogen-bond donors (Lipinski definition) is 2. The molecule has 1 spiro atoms. The number of ether oxygens (including phenoxy) is 2. The van der Waals surface area contributed by atoms with Crippen LogP contribution in [0, 0.1) is 11.8 Å². The number of amides is 3. The molecule has 6 atom stereocenters. The van der Waals surface area contributed by atoms with Gasteiger partial charge < -0.3 is 29.7 Å². The van der Waals surface area contributed by atoms with Crippen molar-refractivity contribution >= 4 is 23.7 Å². The van der Waals surface area contributed by atoms with Gasteiger partial charge in [-0.05, 0) is 24.8 Å². The van der Waals surface area contributed by atoms with Gasteiger partial charge in [-0.15, -0.1) is 0 Å². The van der Waals surface area contributed by atoms with Crippen molar-refractivity contribution in [2.24, 2.45) is 11.8 Å². The van der Waals surface area contributed by atoms with Gasteiger partial charge >= 0.3 is 5.97 Å². The van der Waals surface area contributed by atoms with E-state index in [-0.39, 0.29) is 49.9 Å². The predicted molar refractivity (Wildman–Crippen MR) is 152 cm³/mol. The Morgan fingerprint density at radius 2 is 1.79 bits per heavy atom. The molecule has 10 nitrogen and oxygen atoms in total. The van der Waals surface area contributed by atoms with Crippen LogP contribution in [0.15, 0.2) is 54.6 Å². The van der Waals surface area contributed by atoms with Crippen LogP contribution in [0.4, 0.5) is 0 Å². The summed E-state index contributed by atoms with van der Waals surface area (Å²) >= 11 is 0. The number of cyclic esters (lactones) is 1. The summed E-state index contributed by atoms with van der Waals surface area (Å²) in [5.41, 5.74) is -0.604. The summed E-state index contributed by atoms with van der Waals surface area (Å²) in [5, 5.41) is 12.8. The minimum atomic E-state index is -1.32. The Hall–Kier alpha value is -3.50. The lowest BCUT2D eigenvalue weighted by Gasteiger charge is -2.40. The van der Waals surface area contributed by atoms with Gasteiger partial charge in [0, 0.05) is 25.6 Å². The van der Waals surface area contributed by atoms with Crippen LogP contribution in [0.1, 0.15) is 56.6 Å². The molecule has 10 heteroatoms. The van der Waals surface area contributed by atoms with Crippen molar-refractivity contribution in [3.63, 3.8) is 0 Å². The second kappa shape index (κ2) is 12.0. The topological polar surface area (TPSA) is 125 Å². The minimum Gasteiger partial charge on any atom is -0.455 e. The van der Waals surface area contributed by atoms with Crippen LogP contribution in [0.5, 0.6) is 0 Å². The Balaban J connectivity index is 1.39. The summed E-state index contributed by atoms with van der Waals surface area (Å²) in [6.45, 7) is 0.0748. The Bertz CT molecular complexity index is 1260. The average Bonchev–Trinajstić information content (AvgIpc) is 3.65. The van der Waals surface area contributed by atoms with Crippen LogP contribution in [0.3, 0.4) is 0 Å². The van der Waals surface area contributed by atoms with Crippen molar-refractivity contribution in [3.05, 3.63) is 60.2 Å². The molecule has 6 rings (SSSR count). The molecule has 1 aromatic rings. The zero-order chi connectivity index (χ0) is 29.3. The van der Waals surface area contributed by atoms with Crippen molar-refractivity contribution in [3.8, 4) is 0 Å². The van der Waals surface area contributed by atoms with E-state index >= 15 is 0 Å². The summed E-state index contributed by atoms with van der Waals surface area (Å²) in [4.78, 5) is 58.4. The van der Waals surface area contributed by atoms with Crippen molar-refractivity contribution in [2.45, 2.75) is 74.8 Å². The van der Waals surface area contributed by atoms with Crippen LogP contribution in [0.25, 0.3) is 0 Å². The Labute approximate surface area is 245 Å². The summed E-state index contributed by atoms with van der Waals surface area (Å²) in [5.74, 6) is -3.31. The number of nitrogens with one attached hydrogen (secondary N) is 1. The van der Waals surface area contributed by atoms with Crippen molar-refractivity contribution in [2.75, 3.05) is 26.2 Å². The second-order valence-electron chi connectivity index (χ2n) is 11.9. The van der Waals surface area contributed by atoms with Gasteiger partial charge in [0.05, 0.1) is 25.2 Å². The van der Waals surface area contributed by atoms with E-state index < -0.39 is 41.7 Å². The number of benzene rings is 1. The molecule has 1 aliphatic carbocycles. The normalized spacial score (nSPS) is 34.8. The van der Waals surface area contributed by atoms with Gasteiger partial charge in [0.1, 0.15) is 23.7 Å². The molecule has 42 heavy (non-hydrogen) atoms. The van der Waals surface area contributed by atoms with E-state index in [1.54, 1.807) is 12.2 Å². The van der Waals surface area contributed by atoms with E-state index in [1.807, 2.05) is 47.4 Å². The largest absolute Gasteiger partial charge is 0.455 e. The molecule has 3 amide bonds. The number of esters is 1. The van der Waals surface area contributed by atoms with Crippen LogP contribution < -0.4 is 5.32 Å². The lowest BCUT2D eigenvalue weighted by Crippen LogP contribution is -2.58. The van der Waals surface area contributed by atoms with E-state index in [4.69, 9.17) is 9.47 Å². The number of β-amino-alcohol motifs (C(OH)–C–C–N with tert-alkyl or cyclic N) is 1. The van der Waals surface area contributed by atoms with E-state index in [9.17, 15) is 24.3 Å². The lowest BCUT2D eigenvalue weighted by molar-refractivity contribution is -0.160. The number of allylic oxidation sites excluding steroid dienone is 1. The van der Waals surface area contributed by atoms with Crippen molar-refractivity contribution in [1.82, 2.24) is 15.1 Å². The molecule has 5 bridgehead atoms. The molecule has 0 aromatic heterocycles. The number of fused-ring (bicyclic) bond motifs is 2. The molecule has 0 radical (unpaired) electrons. The molecule has 4 aliphatic heterocycles. The molecule has 224 valence electrons. The number of nitrogens with zero attached hydrogens (tertiary/aromatic N) is 2. The molecule has 2 saturated heterocycles. The van der Waals surface area contributed by atoms with Gasteiger partial charge in [-0.3, -0.25) is 19.2 Å². The Kier molecular flexibility index (Phi) is 8.18. The SMILES string of the molecule is O=C1CC/C=C\CN(C2CCCCC2)C(=O)[C@H]2N(CCO)C(=O)[C@@H]3[C@@H](C(=O)O[C@@H](c4ccccc4)CN1)[C@H]1C=C[C@]32O1. The molecule has 1 saturated carbocycles. The maximum absolute atomic E-state index is 14.5. The van der Waals surface area contributed by atoms with Gasteiger partial charge in [-0.25, -0.2) is 0 Å². The summed E-state index contributed by atoms with van der Waals surface area (Å²) < 4.78 is 12.5. The fourth-order valence-electron chi connectivity index (χ4n) is 7.46. The van der Waals surface area contributed by atoms with Gasteiger partial charge in [0.2, 0.25) is 17.7 Å². The first-order chi connectivity index (χ1) is 20.4. The fraction of sp³-hybridized carbons (Fsp3) is 0.562. The van der Waals surface area contributed by atoms with Gasteiger partial charge in [-0.1, -0.05) is 73.9 Å². The van der Waals surface area contributed by atoms with Gasteiger partial charge in [0.25, 0.3) is 0 Å². The van der Waals surface area contributed by atoms with E-state index in [0.29, 0.717) is 18.5 Å². The molecule has 4 heterocycles. The summed E-state index contributed by atoms with van der Waals surface area (Å²) in [6, 6.07) is 8.18. The average molecular weight is 578 g/mol. The number of aliphatic hydroxyl groups excluding tert-OH is 1. The standard InChI is InChI=1S/C32H39N3O7/c36-19-18-35-28-30(39)34(22-12-6-2-7-13-22)17-9-3-8-14-25(37)33-20-24(21-10-4-1-5-11-21)41-31(40)26-23-15-16-32(28,42-23)27(26)29(35)38/h1,3-5,9-11,15-16,22-24,26-28,36H,2,6-8,12-14,17-20H2,(H,33,37)/b9-3-/t23-,24-,26+,27+,28-,32+/m1/s1. The van der Waals surface area contributed by atoms with Gasteiger partial charge in [-0.2, -0.15) is 0 Å². The summed E-state index contributed by atoms with van der Waals surface area (Å²) in [7, 11) is 0.